The molecule has 3 aliphatic rings. The number of carbonyl (C=O) groups is 6. The summed E-state index contributed by atoms with van der Waals surface area (Å²) in [7, 11) is 0. The molecular weight excluding hydrogens is 650 g/mol. The van der Waals surface area contributed by atoms with Crippen LogP contribution in [-0.2, 0) is 19.2 Å². The zero-order chi connectivity index (χ0) is 38.1. The Kier molecular flexibility index (Phi) is 14.9. The molecule has 13 nitrogen and oxygen atoms in total. The topological polar surface area (TPSA) is 169 Å². The summed E-state index contributed by atoms with van der Waals surface area (Å²) in [5, 5.41) is 14.2. The molecule has 0 bridgehead atoms. The SMILES string of the molecule is C=CCNC(=O)C(=O)C(CCCC1CCC1)NC(=O)[C@@H]1[C@@H](C(C)C)CCN1C(=O)[C@@H](NC(=O)N[C@H](CN1CCCNC1=O)C(C)(C)C)C(C)(C)C. The van der Waals surface area contributed by atoms with E-state index >= 15 is 0 Å². The lowest BCUT2D eigenvalue weighted by molar-refractivity contribution is -0.144. The van der Waals surface area contributed by atoms with Gasteiger partial charge in [0.15, 0.2) is 0 Å². The quantitative estimate of drug-likeness (QED) is 0.121. The van der Waals surface area contributed by atoms with Crippen LogP contribution in [0.4, 0.5) is 9.59 Å². The van der Waals surface area contributed by atoms with Gasteiger partial charge >= 0.3 is 12.1 Å². The molecule has 51 heavy (non-hydrogen) atoms. The first-order chi connectivity index (χ1) is 23.8. The van der Waals surface area contributed by atoms with Gasteiger partial charge in [0.2, 0.25) is 17.6 Å². The number of urea groups is 2. The van der Waals surface area contributed by atoms with Crippen LogP contribution in [0.15, 0.2) is 12.7 Å². The molecule has 2 heterocycles. The predicted octanol–water partition coefficient (Wildman–Crippen LogP) is 3.73. The molecular formula is C38H65N7O6. The zero-order valence-corrected chi connectivity index (χ0v) is 32.4. The number of Topliss-reactive ketones (excluding diaryl/α,β-unsaturated/α-hetero) is 1. The third-order valence-corrected chi connectivity index (χ3v) is 10.8. The Morgan fingerprint density at radius 2 is 1.63 bits per heavy atom. The van der Waals surface area contributed by atoms with Crippen LogP contribution in [0.5, 0.6) is 0 Å². The number of rotatable bonds is 16. The number of nitrogens with zero attached hydrogens (tertiary/aromatic N) is 2. The van der Waals surface area contributed by atoms with E-state index in [9.17, 15) is 28.8 Å². The van der Waals surface area contributed by atoms with Crippen LogP contribution >= 0.6 is 0 Å². The lowest BCUT2D eigenvalue weighted by atomic mass is 9.81. The molecule has 288 valence electrons. The highest BCUT2D eigenvalue weighted by atomic mass is 16.2. The van der Waals surface area contributed by atoms with E-state index in [2.05, 4.69) is 33.2 Å². The number of ketones is 1. The predicted molar refractivity (Wildman–Crippen MR) is 198 cm³/mol. The van der Waals surface area contributed by atoms with Gasteiger partial charge in [0.25, 0.3) is 5.91 Å². The highest BCUT2D eigenvalue weighted by Crippen LogP contribution is 2.34. The summed E-state index contributed by atoms with van der Waals surface area (Å²) >= 11 is 0. The van der Waals surface area contributed by atoms with Crippen LogP contribution in [0.3, 0.4) is 0 Å². The summed E-state index contributed by atoms with van der Waals surface area (Å²) in [5.74, 6) is -1.88. The Labute approximate surface area is 305 Å². The highest BCUT2D eigenvalue weighted by Gasteiger charge is 2.48. The van der Waals surface area contributed by atoms with Crippen molar-refractivity contribution in [3.05, 3.63) is 12.7 Å². The molecule has 0 radical (unpaired) electrons. The Hall–Kier alpha value is -3.64. The van der Waals surface area contributed by atoms with E-state index in [1.54, 1.807) is 9.80 Å². The van der Waals surface area contributed by atoms with Crippen LogP contribution in [-0.4, -0.2) is 102 Å². The highest BCUT2D eigenvalue weighted by molar-refractivity contribution is 6.38. The second-order valence-electron chi connectivity index (χ2n) is 17.2. The standard InChI is InChI=1S/C38H65N7O6/c1-10-19-39-33(48)30(46)27(17-12-16-25-14-11-15-25)41-32(47)29-26(24(2)3)18-22-45(29)34(49)31(38(7,8)9)43-35(50)42-28(37(4,5)6)23-44-21-13-20-40-36(44)51/h10,24-29,31H,1,11-23H2,2-9H3,(H,39,48)(H,40,51)(H,41,47)(H2,42,43,50)/t26-,27?,28-,29+,31-/m1/s1. The van der Waals surface area contributed by atoms with E-state index in [0.717, 1.165) is 25.7 Å². The molecule has 5 atom stereocenters. The third kappa shape index (κ3) is 11.7. The normalized spacial score (nSPS) is 21.5. The molecule has 1 saturated carbocycles. The van der Waals surface area contributed by atoms with Crippen LogP contribution in [0.2, 0.25) is 0 Å². The van der Waals surface area contributed by atoms with E-state index in [1.807, 2.05) is 55.4 Å². The largest absolute Gasteiger partial charge is 0.346 e. The zero-order valence-electron chi connectivity index (χ0n) is 32.4. The summed E-state index contributed by atoms with van der Waals surface area (Å²) in [6.45, 7) is 21.1. The van der Waals surface area contributed by atoms with Crippen molar-refractivity contribution in [1.82, 2.24) is 36.4 Å². The molecule has 7 amide bonds. The molecule has 2 aliphatic heterocycles. The van der Waals surface area contributed by atoms with Crippen molar-refractivity contribution in [2.45, 2.75) is 131 Å². The molecule has 1 unspecified atom stereocenters. The number of amides is 7. The first-order valence-electron chi connectivity index (χ1n) is 19.0. The molecule has 0 aromatic rings. The monoisotopic (exact) mass is 715 g/mol. The lowest BCUT2D eigenvalue weighted by Gasteiger charge is -2.39. The molecule has 0 spiro atoms. The Balaban J connectivity index is 1.81. The molecule has 0 aromatic heterocycles. The van der Waals surface area contributed by atoms with Gasteiger partial charge in [-0.05, 0) is 47.8 Å². The van der Waals surface area contributed by atoms with E-state index in [-0.39, 0.29) is 30.3 Å². The summed E-state index contributed by atoms with van der Waals surface area (Å²) < 4.78 is 0. The average molecular weight is 716 g/mol. The molecule has 1 aliphatic carbocycles. The summed E-state index contributed by atoms with van der Waals surface area (Å²) in [6, 6.07) is -4.00. The van der Waals surface area contributed by atoms with E-state index in [0.29, 0.717) is 51.4 Å². The first kappa shape index (κ1) is 41.8. The number of hydrogen-bond acceptors (Lipinski definition) is 6. The van der Waals surface area contributed by atoms with Gasteiger partial charge in [0.05, 0.1) is 12.1 Å². The number of carbonyl (C=O) groups excluding carboxylic acids is 6. The van der Waals surface area contributed by atoms with Crippen molar-refractivity contribution >= 4 is 35.6 Å². The van der Waals surface area contributed by atoms with Gasteiger partial charge in [-0.15, -0.1) is 6.58 Å². The fourth-order valence-corrected chi connectivity index (χ4v) is 7.18. The number of nitrogens with one attached hydrogen (secondary N) is 5. The molecule has 2 saturated heterocycles. The van der Waals surface area contributed by atoms with Gasteiger partial charge in [-0.2, -0.15) is 0 Å². The van der Waals surface area contributed by atoms with Gasteiger partial charge in [-0.3, -0.25) is 19.2 Å². The Bertz CT molecular complexity index is 1270. The minimum absolute atomic E-state index is 0.0473. The maximum absolute atomic E-state index is 14.5. The van der Waals surface area contributed by atoms with Crippen molar-refractivity contribution in [2.24, 2.45) is 28.6 Å². The van der Waals surface area contributed by atoms with Crippen LogP contribution in [0.1, 0.15) is 107 Å². The Morgan fingerprint density at radius 3 is 2.18 bits per heavy atom. The number of hydrogen-bond donors (Lipinski definition) is 5. The van der Waals surface area contributed by atoms with Gasteiger partial charge in [-0.1, -0.05) is 93.6 Å². The molecule has 13 heteroatoms. The average Bonchev–Trinajstić information content (AvgIpc) is 3.48. The first-order valence-corrected chi connectivity index (χ1v) is 19.0. The van der Waals surface area contributed by atoms with Crippen LogP contribution in [0.25, 0.3) is 0 Å². The minimum Gasteiger partial charge on any atom is -0.346 e. The Morgan fingerprint density at radius 1 is 0.941 bits per heavy atom. The van der Waals surface area contributed by atoms with Crippen LogP contribution in [0, 0.1) is 28.6 Å². The van der Waals surface area contributed by atoms with Gasteiger partial charge < -0.3 is 36.4 Å². The molecule has 0 aromatic carbocycles. The smallest absolute Gasteiger partial charge is 0.317 e. The second kappa shape index (κ2) is 18.2. The second-order valence-corrected chi connectivity index (χ2v) is 17.2. The van der Waals surface area contributed by atoms with Gasteiger partial charge in [0, 0.05) is 32.7 Å². The van der Waals surface area contributed by atoms with E-state index in [1.165, 1.54) is 12.5 Å². The molecule has 5 N–H and O–H groups in total. The van der Waals surface area contributed by atoms with E-state index < -0.39 is 58.6 Å². The van der Waals surface area contributed by atoms with Gasteiger partial charge in [0.1, 0.15) is 12.1 Å². The molecule has 3 fully saturated rings. The summed E-state index contributed by atoms with van der Waals surface area (Å²) in [6.07, 6.45) is 8.36. The van der Waals surface area contributed by atoms with Crippen molar-refractivity contribution in [3.8, 4) is 0 Å². The van der Waals surface area contributed by atoms with E-state index in [4.69, 9.17) is 0 Å². The number of likely N-dealkylation sites (tertiary alicyclic amines) is 1. The molecule has 3 rings (SSSR count). The van der Waals surface area contributed by atoms with Crippen molar-refractivity contribution < 1.29 is 28.8 Å². The fraction of sp³-hybridized carbons (Fsp3) is 0.789. The fourth-order valence-electron chi connectivity index (χ4n) is 7.18. The van der Waals surface area contributed by atoms with Crippen LogP contribution < -0.4 is 26.6 Å². The third-order valence-electron chi connectivity index (χ3n) is 10.8. The maximum Gasteiger partial charge on any atom is 0.317 e. The minimum atomic E-state index is -1.02. The van der Waals surface area contributed by atoms with Crippen molar-refractivity contribution in [1.29, 1.82) is 0 Å². The van der Waals surface area contributed by atoms with Gasteiger partial charge in [-0.25, -0.2) is 9.59 Å². The van der Waals surface area contributed by atoms with Crippen molar-refractivity contribution in [3.63, 3.8) is 0 Å². The summed E-state index contributed by atoms with van der Waals surface area (Å²) in [5.41, 5.74) is -1.12. The van der Waals surface area contributed by atoms with Crippen molar-refractivity contribution in [2.75, 3.05) is 32.7 Å². The lowest BCUT2D eigenvalue weighted by Crippen LogP contribution is -2.63. The summed E-state index contributed by atoms with van der Waals surface area (Å²) in [4.78, 5) is 84.1. The maximum atomic E-state index is 14.5.